The lowest BCUT2D eigenvalue weighted by molar-refractivity contribution is 0.428. The van der Waals surface area contributed by atoms with E-state index in [0.717, 1.165) is 11.1 Å². The quantitative estimate of drug-likeness (QED) is 0.744. The van der Waals surface area contributed by atoms with E-state index in [2.05, 4.69) is 5.16 Å². The monoisotopic (exact) mass is 285 g/mol. The van der Waals surface area contributed by atoms with E-state index in [1.807, 2.05) is 31.2 Å². The van der Waals surface area contributed by atoms with Gasteiger partial charge in [-0.2, -0.15) is 0 Å². The number of benzene rings is 2. The molecule has 100 valence electrons. The number of aromatic nitrogens is 1. The van der Waals surface area contributed by atoms with Crippen LogP contribution in [0.5, 0.6) is 5.75 Å². The summed E-state index contributed by atoms with van der Waals surface area (Å²) >= 11 is 5.86. The van der Waals surface area contributed by atoms with Crippen LogP contribution in [0, 0.1) is 6.92 Å². The van der Waals surface area contributed by atoms with Gasteiger partial charge >= 0.3 is 0 Å². The zero-order valence-electron chi connectivity index (χ0n) is 10.8. The minimum absolute atomic E-state index is 0.184. The van der Waals surface area contributed by atoms with E-state index >= 15 is 0 Å². The van der Waals surface area contributed by atoms with Crippen LogP contribution in [0.25, 0.3) is 22.6 Å². The SMILES string of the molecule is Cc1ccc(-c2cc(-c3ccc(Cl)cc3)no2)c(O)c1. The molecule has 3 nitrogen and oxygen atoms in total. The molecule has 0 spiro atoms. The molecule has 1 heterocycles. The molecule has 0 saturated carbocycles. The molecule has 3 aromatic rings. The Hall–Kier alpha value is -2.26. The average molecular weight is 286 g/mol. The lowest BCUT2D eigenvalue weighted by Gasteiger charge is -2.00. The van der Waals surface area contributed by atoms with Crippen molar-refractivity contribution in [2.24, 2.45) is 0 Å². The zero-order chi connectivity index (χ0) is 14.1. The van der Waals surface area contributed by atoms with Crippen LogP contribution in [0.15, 0.2) is 53.1 Å². The molecule has 0 amide bonds. The highest BCUT2D eigenvalue weighted by atomic mass is 35.5. The summed E-state index contributed by atoms with van der Waals surface area (Å²) < 4.78 is 5.31. The van der Waals surface area contributed by atoms with Crippen molar-refractivity contribution in [2.45, 2.75) is 6.92 Å². The highest BCUT2D eigenvalue weighted by molar-refractivity contribution is 6.30. The van der Waals surface area contributed by atoms with Gasteiger partial charge < -0.3 is 9.63 Å². The molecule has 2 aromatic carbocycles. The van der Waals surface area contributed by atoms with Crippen molar-refractivity contribution in [1.29, 1.82) is 0 Å². The van der Waals surface area contributed by atoms with Crippen LogP contribution in [-0.2, 0) is 0 Å². The van der Waals surface area contributed by atoms with Gasteiger partial charge in [-0.15, -0.1) is 0 Å². The first-order valence-corrected chi connectivity index (χ1v) is 6.54. The largest absolute Gasteiger partial charge is 0.507 e. The van der Waals surface area contributed by atoms with Gasteiger partial charge in [0.1, 0.15) is 11.4 Å². The summed E-state index contributed by atoms with van der Waals surface area (Å²) in [5, 5.41) is 14.7. The average Bonchev–Trinajstić information content (AvgIpc) is 2.89. The fraction of sp³-hybridized carbons (Fsp3) is 0.0625. The third kappa shape index (κ3) is 2.40. The molecule has 3 rings (SSSR count). The minimum Gasteiger partial charge on any atom is -0.507 e. The van der Waals surface area contributed by atoms with Crippen LogP contribution in [-0.4, -0.2) is 10.3 Å². The van der Waals surface area contributed by atoms with E-state index in [1.165, 1.54) is 0 Å². The Morgan fingerprint density at radius 3 is 2.50 bits per heavy atom. The predicted molar refractivity (Wildman–Crippen MR) is 78.8 cm³/mol. The maximum Gasteiger partial charge on any atom is 0.171 e. The van der Waals surface area contributed by atoms with Crippen LogP contribution in [0.2, 0.25) is 5.02 Å². The van der Waals surface area contributed by atoms with Crippen molar-refractivity contribution < 1.29 is 9.63 Å². The molecule has 1 N–H and O–H groups in total. The predicted octanol–water partition coefficient (Wildman–Crippen LogP) is 4.68. The Morgan fingerprint density at radius 2 is 1.80 bits per heavy atom. The molecule has 0 saturated heterocycles. The number of nitrogens with zero attached hydrogens (tertiary/aromatic N) is 1. The number of phenolic OH excluding ortho intramolecular Hbond substituents is 1. The Labute approximate surface area is 121 Å². The maximum absolute atomic E-state index is 9.96. The maximum atomic E-state index is 9.96. The van der Waals surface area contributed by atoms with Gasteiger partial charge in [0.2, 0.25) is 0 Å². The molecular weight excluding hydrogens is 274 g/mol. The van der Waals surface area contributed by atoms with Crippen LogP contribution < -0.4 is 0 Å². The fourth-order valence-electron chi connectivity index (χ4n) is 2.01. The molecule has 20 heavy (non-hydrogen) atoms. The first-order chi connectivity index (χ1) is 9.63. The van der Waals surface area contributed by atoms with Crippen LogP contribution >= 0.6 is 11.6 Å². The number of rotatable bonds is 2. The van der Waals surface area contributed by atoms with Gasteiger partial charge in [-0.1, -0.05) is 35.0 Å². The van der Waals surface area contributed by atoms with Gasteiger partial charge in [-0.25, -0.2) is 0 Å². The Kier molecular flexibility index (Phi) is 3.20. The lowest BCUT2D eigenvalue weighted by Crippen LogP contribution is -1.78. The van der Waals surface area contributed by atoms with Crippen molar-refractivity contribution in [3.8, 4) is 28.3 Å². The summed E-state index contributed by atoms with van der Waals surface area (Å²) in [6, 6.07) is 14.6. The van der Waals surface area contributed by atoms with E-state index < -0.39 is 0 Å². The molecule has 0 aliphatic carbocycles. The summed E-state index contributed by atoms with van der Waals surface area (Å²) in [6.45, 7) is 1.92. The lowest BCUT2D eigenvalue weighted by atomic mass is 10.1. The molecule has 1 aromatic heterocycles. The molecule has 4 heteroatoms. The summed E-state index contributed by atoms with van der Waals surface area (Å²) in [4.78, 5) is 0. The van der Waals surface area contributed by atoms with Crippen LogP contribution in [0.3, 0.4) is 0 Å². The number of hydrogen-bond donors (Lipinski definition) is 1. The van der Waals surface area contributed by atoms with Crippen molar-refractivity contribution >= 4 is 11.6 Å². The van der Waals surface area contributed by atoms with Gasteiger partial charge in [0, 0.05) is 16.7 Å². The third-order valence-electron chi connectivity index (χ3n) is 3.07. The van der Waals surface area contributed by atoms with Gasteiger partial charge in [-0.05, 0) is 36.8 Å². The second kappa shape index (κ2) is 5.02. The van der Waals surface area contributed by atoms with Crippen LogP contribution in [0.4, 0.5) is 0 Å². The molecule has 0 aliphatic rings. The number of phenols is 1. The molecule has 0 bridgehead atoms. The highest BCUT2D eigenvalue weighted by Gasteiger charge is 2.12. The minimum atomic E-state index is 0.184. The standard InChI is InChI=1S/C16H12ClNO2/c1-10-2-7-13(15(19)8-10)16-9-14(18-20-16)11-3-5-12(17)6-4-11/h2-9,19H,1H3. The highest BCUT2D eigenvalue weighted by Crippen LogP contribution is 2.32. The van der Waals surface area contributed by atoms with Crippen molar-refractivity contribution in [3.63, 3.8) is 0 Å². The van der Waals surface area contributed by atoms with Crippen molar-refractivity contribution in [1.82, 2.24) is 5.16 Å². The van der Waals surface area contributed by atoms with Gasteiger partial charge in [0.15, 0.2) is 5.76 Å². The Morgan fingerprint density at radius 1 is 1.05 bits per heavy atom. The molecule has 0 radical (unpaired) electrons. The molecular formula is C16H12ClNO2. The summed E-state index contributed by atoms with van der Waals surface area (Å²) in [5.41, 5.74) is 3.24. The van der Waals surface area contributed by atoms with E-state index in [0.29, 0.717) is 22.0 Å². The van der Waals surface area contributed by atoms with E-state index in [-0.39, 0.29) is 5.75 Å². The van der Waals surface area contributed by atoms with E-state index in [9.17, 15) is 5.11 Å². The topological polar surface area (TPSA) is 46.3 Å². The van der Waals surface area contributed by atoms with Crippen molar-refractivity contribution in [3.05, 3.63) is 59.1 Å². The summed E-state index contributed by atoms with van der Waals surface area (Å²) in [7, 11) is 0. The smallest absolute Gasteiger partial charge is 0.171 e. The summed E-state index contributed by atoms with van der Waals surface area (Å²) in [6.07, 6.45) is 0. The van der Waals surface area contributed by atoms with E-state index in [4.69, 9.17) is 16.1 Å². The molecule has 0 atom stereocenters. The molecule has 0 fully saturated rings. The van der Waals surface area contributed by atoms with E-state index in [1.54, 1.807) is 24.3 Å². The number of aromatic hydroxyl groups is 1. The van der Waals surface area contributed by atoms with Gasteiger partial charge in [0.05, 0.1) is 5.56 Å². The van der Waals surface area contributed by atoms with Crippen LogP contribution in [0.1, 0.15) is 5.56 Å². The zero-order valence-corrected chi connectivity index (χ0v) is 11.6. The second-order valence-corrected chi connectivity index (χ2v) is 5.04. The summed E-state index contributed by atoms with van der Waals surface area (Å²) in [5.74, 6) is 0.719. The fourth-order valence-corrected chi connectivity index (χ4v) is 2.13. The normalized spacial score (nSPS) is 10.7. The Bertz CT molecular complexity index is 747. The van der Waals surface area contributed by atoms with Gasteiger partial charge in [0.25, 0.3) is 0 Å². The first-order valence-electron chi connectivity index (χ1n) is 6.16. The third-order valence-corrected chi connectivity index (χ3v) is 3.32. The Balaban J connectivity index is 1.99. The first kappa shape index (κ1) is 12.8. The number of halogens is 1. The second-order valence-electron chi connectivity index (χ2n) is 4.60. The number of aryl methyl sites for hydroxylation is 1. The molecule has 0 aliphatic heterocycles. The molecule has 0 unspecified atom stereocenters. The van der Waals surface area contributed by atoms with Crippen molar-refractivity contribution in [2.75, 3.05) is 0 Å². The number of hydrogen-bond acceptors (Lipinski definition) is 3. The van der Waals surface area contributed by atoms with Gasteiger partial charge in [-0.3, -0.25) is 0 Å².